The molecule has 2 aliphatic heterocycles. The van der Waals surface area contributed by atoms with E-state index in [0.29, 0.717) is 6.04 Å². The molecule has 5 heteroatoms. The van der Waals surface area contributed by atoms with Gasteiger partial charge in [-0.25, -0.2) is 0 Å². The molecule has 2 heterocycles. The molecular weight excluding hydrogens is 268 g/mol. The van der Waals surface area contributed by atoms with E-state index in [0.717, 1.165) is 58.5 Å². The summed E-state index contributed by atoms with van der Waals surface area (Å²) in [7, 11) is 0. The standard InChI is InChI=1S/C16H30N2O3/c1-4-6-16(15(19)20)7-5-8-18(16)12-14-11-17(13(2)3)9-10-21-14/h13-14H,4-12H2,1-3H3,(H,19,20). The van der Waals surface area contributed by atoms with Gasteiger partial charge >= 0.3 is 5.97 Å². The molecule has 0 saturated carbocycles. The Morgan fingerprint density at radius 1 is 1.43 bits per heavy atom. The van der Waals surface area contributed by atoms with Crippen LogP contribution in [0.25, 0.3) is 0 Å². The fourth-order valence-electron chi connectivity index (χ4n) is 3.81. The molecule has 2 saturated heterocycles. The molecule has 0 aromatic carbocycles. The molecular formula is C16H30N2O3. The molecule has 2 atom stereocenters. The second-order valence-corrected chi connectivity index (χ2v) is 6.72. The summed E-state index contributed by atoms with van der Waals surface area (Å²) in [6.45, 7) is 10.8. The van der Waals surface area contributed by atoms with E-state index in [9.17, 15) is 9.90 Å². The van der Waals surface area contributed by atoms with Crippen LogP contribution in [0.15, 0.2) is 0 Å². The predicted molar refractivity (Wildman–Crippen MR) is 82.5 cm³/mol. The topological polar surface area (TPSA) is 53.0 Å². The van der Waals surface area contributed by atoms with Crippen molar-refractivity contribution in [2.45, 2.75) is 64.1 Å². The summed E-state index contributed by atoms with van der Waals surface area (Å²) in [4.78, 5) is 16.4. The first-order chi connectivity index (χ1) is 9.99. The van der Waals surface area contributed by atoms with Gasteiger partial charge in [0.25, 0.3) is 0 Å². The lowest BCUT2D eigenvalue weighted by molar-refractivity contribution is -0.152. The van der Waals surface area contributed by atoms with Crippen molar-refractivity contribution < 1.29 is 14.6 Å². The molecule has 2 unspecified atom stereocenters. The van der Waals surface area contributed by atoms with Gasteiger partial charge in [-0.15, -0.1) is 0 Å². The monoisotopic (exact) mass is 298 g/mol. The number of hydrogen-bond donors (Lipinski definition) is 1. The summed E-state index contributed by atoms with van der Waals surface area (Å²) in [5.74, 6) is -0.654. The van der Waals surface area contributed by atoms with Gasteiger partial charge in [0, 0.05) is 25.7 Å². The Morgan fingerprint density at radius 3 is 2.81 bits per heavy atom. The minimum atomic E-state index is -0.655. The average Bonchev–Trinajstić information content (AvgIpc) is 2.84. The first-order valence-electron chi connectivity index (χ1n) is 8.33. The Balaban J connectivity index is 2.01. The number of ether oxygens (including phenoxy) is 1. The number of hydrogen-bond acceptors (Lipinski definition) is 4. The van der Waals surface area contributed by atoms with Crippen LogP contribution in [-0.4, -0.2) is 71.3 Å². The summed E-state index contributed by atoms with van der Waals surface area (Å²) in [5.41, 5.74) is -0.655. The number of rotatable bonds is 6. The second-order valence-electron chi connectivity index (χ2n) is 6.72. The maximum Gasteiger partial charge on any atom is 0.324 e. The maximum atomic E-state index is 11.8. The summed E-state index contributed by atoms with van der Waals surface area (Å²) in [5, 5.41) is 9.74. The quantitative estimate of drug-likeness (QED) is 0.810. The lowest BCUT2D eigenvalue weighted by atomic mass is 9.90. The van der Waals surface area contributed by atoms with Gasteiger partial charge in [0.2, 0.25) is 0 Å². The average molecular weight is 298 g/mol. The van der Waals surface area contributed by atoms with E-state index in [4.69, 9.17) is 4.74 Å². The van der Waals surface area contributed by atoms with Crippen molar-refractivity contribution in [2.75, 3.05) is 32.8 Å². The molecule has 2 fully saturated rings. The SMILES string of the molecule is CCCC1(C(=O)O)CCCN1CC1CN(C(C)C)CCO1. The van der Waals surface area contributed by atoms with Gasteiger partial charge < -0.3 is 9.84 Å². The highest BCUT2D eigenvalue weighted by Gasteiger charge is 2.47. The van der Waals surface area contributed by atoms with Crippen LogP contribution in [0.3, 0.4) is 0 Å². The van der Waals surface area contributed by atoms with Gasteiger partial charge in [-0.3, -0.25) is 14.6 Å². The minimum Gasteiger partial charge on any atom is -0.480 e. The van der Waals surface area contributed by atoms with Crippen LogP contribution in [0.5, 0.6) is 0 Å². The van der Waals surface area contributed by atoms with Crippen molar-refractivity contribution in [1.29, 1.82) is 0 Å². The Labute approximate surface area is 128 Å². The zero-order valence-corrected chi connectivity index (χ0v) is 13.7. The van der Waals surface area contributed by atoms with Crippen molar-refractivity contribution in [3.63, 3.8) is 0 Å². The first kappa shape index (κ1) is 16.7. The highest BCUT2D eigenvalue weighted by molar-refractivity contribution is 5.79. The van der Waals surface area contributed by atoms with E-state index >= 15 is 0 Å². The minimum absolute atomic E-state index is 0.134. The lowest BCUT2D eigenvalue weighted by Gasteiger charge is -2.40. The van der Waals surface area contributed by atoms with E-state index in [1.165, 1.54) is 0 Å². The maximum absolute atomic E-state index is 11.8. The van der Waals surface area contributed by atoms with Crippen LogP contribution in [0.1, 0.15) is 46.5 Å². The van der Waals surface area contributed by atoms with Gasteiger partial charge in [-0.05, 0) is 39.7 Å². The zero-order chi connectivity index (χ0) is 15.5. The fraction of sp³-hybridized carbons (Fsp3) is 0.938. The predicted octanol–water partition coefficient (Wildman–Crippen LogP) is 1.81. The van der Waals surface area contributed by atoms with Gasteiger partial charge in [-0.2, -0.15) is 0 Å². The number of nitrogens with zero attached hydrogens (tertiary/aromatic N) is 2. The van der Waals surface area contributed by atoms with Crippen LogP contribution < -0.4 is 0 Å². The fourth-order valence-corrected chi connectivity index (χ4v) is 3.81. The van der Waals surface area contributed by atoms with Gasteiger partial charge in [0.1, 0.15) is 5.54 Å². The molecule has 0 amide bonds. The third-order valence-corrected chi connectivity index (χ3v) is 5.01. The molecule has 0 radical (unpaired) electrons. The van der Waals surface area contributed by atoms with Crippen LogP contribution in [0.2, 0.25) is 0 Å². The third kappa shape index (κ3) is 3.58. The highest BCUT2D eigenvalue weighted by atomic mass is 16.5. The molecule has 122 valence electrons. The van der Waals surface area contributed by atoms with E-state index in [2.05, 4.69) is 30.6 Å². The summed E-state index contributed by atoms with van der Waals surface area (Å²) < 4.78 is 5.90. The molecule has 0 spiro atoms. The molecule has 2 rings (SSSR count). The Hall–Kier alpha value is -0.650. The van der Waals surface area contributed by atoms with Crippen LogP contribution in [-0.2, 0) is 9.53 Å². The first-order valence-corrected chi connectivity index (χ1v) is 8.33. The molecule has 0 aromatic heterocycles. The van der Waals surface area contributed by atoms with E-state index in [1.54, 1.807) is 0 Å². The van der Waals surface area contributed by atoms with Crippen molar-refractivity contribution >= 4 is 5.97 Å². The smallest absolute Gasteiger partial charge is 0.324 e. The molecule has 5 nitrogen and oxygen atoms in total. The van der Waals surface area contributed by atoms with Crippen LogP contribution >= 0.6 is 0 Å². The molecule has 2 aliphatic rings. The van der Waals surface area contributed by atoms with Crippen molar-refractivity contribution in [3.05, 3.63) is 0 Å². The van der Waals surface area contributed by atoms with Crippen molar-refractivity contribution in [2.24, 2.45) is 0 Å². The highest BCUT2D eigenvalue weighted by Crippen LogP contribution is 2.34. The van der Waals surface area contributed by atoms with E-state index < -0.39 is 11.5 Å². The molecule has 0 aliphatic carbocycles. The number of aliphatic carboxylic acids is 1. The summed E-state index contributed by atoms with van der Waals surface area (Å²) >= 11 is 0. The molecule has 0 bridgehead atoms. The second kappa shape index (κ2) is 7.07. The number of carboxylic acid groups (broad SMARTS) is 1. The van der Waals surface area contributed by atoms with E-state index in [-0.39, 0.29) is 6.10 Å². The summed E-state index contributed by atoms with van der Waals surface area (Å²) in [6.07, 6.45) is 3.54. The Morgan fingerprint density at radius 2 is 2.19 bits per heavy atom. The van der Waals surface area contributed by atoms with Crippen molar-refractivity contribution in [3.8, 4) is 0 Å². The van der Waals surface area contributed by atoms with Gasteiger partial charge in [0.15, 0.2) is 0 Å². The molecule has 1 N–H and O–H groups in total. The normalized spacial score (nSPS) is 31.9. The molecule has 0 aromatic rings. The Bertz CT molecular complexity index is 361. The number of morpholine rings is 1. The Kier molecular flexibility index (Phi) is 5.63. The summed E-state index contributed by atoms with van der Waals surface area (Å²) in [6, 6.07) is 0.523. The number of carbonyl (C=O) groups is 1. The lowest BCUT2D eigenvalue weighted by Crippen LogP contribution is -2.56. The van der Waals surface area contributed by atoms with Crippen LogP contribution in [0, 0.1) is 0 Å². The van der Waals surface area contributed by atoms with Gasteiger partial charge in [-0.1, -0.05) is 13.3 Å². The van der Waals surface area contributed by atoms with Gasteiger partial charge in [0.05, 0.1) is 12.7 Å². The number of likely N-dealkylation sites (tertiary alicyclic amines) is 1. The zero-order valence-electron chi connectivity index (χ0n) is 13.7. The third-order valence-electron chi connectivity index (χ3n) is 5.01. The van der Waals surface area contributed by atoms with E-state index in [1.807, 2.05) is 0 Å². The number of carboxylic acids is 1. The van der Waals surface area contributed by atoms with Crippen molar-refractivity contribution in [1.82, 2.24) is 9.80 Å². The molecule has 21 heavy (non-hydrogen) atoms. The largest absolute Gasteiger partial charge is 0.480 e. The van der Waals surface area contributed by atoms with Crippen LogP contribution in [0.4, 0.5) is 0 Å².